The first kappa shape index (κ1) is 14.9. The second-order valence-electron chi connectivity index (χ2n) is 4.12. The molecule has 0 aromatic rings. The predicted molar refractivity (Wildman–Crippen MR) is 61.8 cm³/mol. The molecule has 2 amide bonds. The third-order valence-electron chi connectivity index (χ3n) is 3.18. The molecule has 0 aromatic carbocycles. The summed E-state index contributed by atoms with van der Waals surface area (Å²) in [6.07, 6.45) is -1.12. The highest BCUT2D eigenvalue weighted by Gasteiger charge is 2.62. The van der Waals surface area contributed by atoms with Gasteiger partial charge in [0.15, 0.2) is 0 Å². The van der Waals surface area contributed by atoms with E-state index >= 15 is 0 Å². The SMILES string of the molecule is CCNC(=O)C1C(C(=O)O)C(OC=O)C1C(=O)NC. The first-order valence-corrected chi connectivity index (χ1v) is 5.80. The van der Waals surface area contributed by atoms with Crippen LogP contribution in [0.3, 0.4) is 0 Å². The highest BCUT2D eigenvalue weighted by molar-refractivity contribution is 5.95. The van der Waals surface area contributed by atoms with E-state index in [-0.39, 0.29) is 6.47 Å². The summed E-state index contributed by atoms with van der Waals surface area (Å²) in [5.74, 6) is -5.57. The second-order valence-corrected chi connectivity index (χ2v) is 4.12. The van der Waals surface area contributed by atoms with Crippen molar-refractivity contribution >= 4 is 24.3 Å². The fourth-order valence-electron chi connectivity index (χ4n) is 2.33. The summed E-state index contributed by atoms with van der Waals surface area (Å²) >= 11 is 0. The van der Waals surface area contributed by atoms with E-state index in [0.29, 0.717) is 6.54 Å². The third-order valence-corrected chi connectivity index (χ3v) is 3.18. The number of carbonyl (C=O) groups excluding carboxylic acids is 3. The van der Waals surface area contributed by atoms with Gasteiger partial charge in [0.25, 0.3) is 6.47 Å². The Morgan fingerprint density at radius 2 is 1.84 bits per heavy atom. The summed E-state index contributed by atoms with van der Waals surface area (Å²) in [6.45, 7) is 2.09. The monoisotopic (exact) mass is 272 g/mol. The molecule has 1 aliphatic rings. The zero-order chi connectivity index (χ0) is 14.6. The summed E-state index contributed by atoms with van der Waals surface area (Å²) in [7, 11) is 1.36. The first-order valence-electron chi connectivity index (χ1n) is 5.80. The molecule has 1 aliphatic carbocycles. The Kier molecular flexibility index (Phi) is 4.85. The van der Waals surface area contributed by atoms with Gasteiger partial charge in [0, 0.05) is 13.6 Å². The van der Waals surface area contributed by atoms with Gasteiger partial charge < -0.3 is 20.5 Å². The number of carboxylic acid groups (broad SMARTS) is 1. The Bertz CT molecular complexity index is 397. The van der Waals surface area contributed by atoms with Gasteiger partial charge >= 0.3 is 5.97 Å². The van der Waals surface area contributed by atoms with E-state index in [2.05, 4.69) is 15.4 Å². The van der Waals surface area contributed by atoms with Gasteiger partial charge in [0.2, 0.25) is 11.8 Å². The standard InChI is InChI=1S/C11H16N2O6/c1-3-13-10(16)5-6(9(15)12-2)8(19-4-14)7(5)11(17)18/h4-8H,3H2,1-2H3,(H,12,15)(H,13,16)(H,17,18). The van der Waals surface area contributed by atoms with Gasteiger partial charge in [-0.3, -0.25) is 19.2 Å². The number of aliphatic carboxylic acids is 1. The molecule has 0 spiro atoms. The van der Waals surface area contributed by atoms with Crippen LogP contribution in [0, 0.1) is 17.8 Å². The molecule has 0 radical (unpaired) electrons. The molecule has 0 bridgehead atoms. The average Bonchev–Trinajstić information content (AvgIpc) is 2.33. The van der Waals surface area contributed by atoms with Crippen LogP contribution in [0.1, 0.15) is 6.92 Å². The lowest BCUT2D eigenvalue weighted by molar-refractivity contribution is -0.188. The highest BCUT2D eigenvalue weighted by atomic mass is 16.5. The van der Waals surface area contributed by atoms with Crippen LogP contribution in [-0.2, 0) is 23.9 Å². The molecule has 4 atom stereocenters. The van der Waals surface area contributed by atoms with Gasteiger partial charge in [-0.05, 0) is 6.92 Å². The Morgan fingerprint density at radius 1 is 1.21 bits per heavy atom. The van der Waals surface area contributed by atoms with E-state index in [9.17, 15) is 19.2 Å². The van der Waals surface area contributed by atoms with Gasteiger partial charge in [-0.25, -0.2) is 0 Å². The minimum atomic E-state index is -1.27. The maximum atomic E-state index is 11.8. The summed E-state index contributed by atoms with van der Waals surface area (Å²) in [4.78, 5) is 45.0. The Balaban J connectivity index is 3.00. The number of ether oxygens (including phenoxy) is 1. The molecule has 0 heterocycles. The highest BCUT2D eigenvalue weighted by Crippen LogP contribution is 2.43. The molecule has 4 unspecified atom stereocenters. The topological polar surface area (TPSA) is 122 Å². The number of carbonyl (C=O) groups is 4. The van der Waals surface area contributed by atoms with E-state index in [1.807, 2.05) is 0 Å². The number of hydrogen-bond acceptors (Lipinski definition) is 5. The third kappa shape index (κ3) is 2.67. The van der Waals surface area contributed by atoms with Crippen LogP contribution in [0.15, 0.2) is 0 Å². The van der Waals surface area contributed by atoms with Crippen molar-refractivity contribution in [2.45, 2.75) is 13.0 Å². The second kappa shape index (κ2) is 6.17. The van der Waals surface area contributed by atoms with Crippen molar-refractivity contribution in [2.75, 3.05) is 13.6 Å². The number of nitrogens with one attached hydrogen (secondary N) is 2. The number of carboxylic acids is 1. The molecule has 19 heavy (non-hydrogen) atoms. The van der Waals surface area contributed by atoms with Crippen LogP contribution >= 0.6 is 0 Å². The van der Waals surface area contributed by atoms with E-state index < -0.39 is 41.6 Å². The van der Waals surface area contributed by atoms with Crippen molar-refractivity contribution < 1.29 is 29.0 Å². The summed E-state index contributed by atoms with van der Waals surface area (Å²) in [5.41, 5.74) is 0. The van der Waals surface area contributed by atoms with Crippen molar-refractivity contribution in [3.8, 4) is 0 Å². The largest absolute Gasteiger partial charge is 0.481 e. The van der Waals surface area contributed by atoms with Crippen LogP contribution in [0.25, 0.3) is 0 Å². The number of amides is 2. The lowest BCUT2D eigenvalue weighted by Gasteiger charge is -2.45. The van der Waals surface area contributed by atoms with E-state index in [0.717, 1.165) is 0 Å². The van der Waals surface area contributed by atoms with E-state index in [4.69, 9.17) is 5.11 Å². The van der Waals surface area contributed by atoms with Crippen molar-refractivity contribution in [2.24, 2.45) is 17.8 Å². The zero-order valence-corrected chi connectivity index (χ0v) is 10.6. The molecular weight excluding hydrogens is 256 g/mol. The lowest BCUT2D eigenvalue weighted by Crippen LogP contribution is -2.65. The van der Waals surface area contributed by atoms with E-state index in [1.165, 1.54) is 7.05 Å². The van der Waals surface area contributed by atoms with Crippen molar-refractivity contribution in [1.82, 2.24) is 10.6 Å². The Labute approximate surface area is 109 Å². The summed E-state index contributed by atoms with van der Waals surface area (Å²) in [6, 6.07) is 0. The van der Waals surface area contributed by atoms with Crippen molar-refractivity contribution in [1.29, 1.82) is 0 Å². The minimum Gasteiger partial charge on any atom is -0.481 e. The normalized spacial score (nSPS) is 28.7. The van der Waals surface area contributed by atoms with Gasteiger partial charge in [-0.15, -0.1) is 0 Å². The Hall–Kier alpha value is -2.12. The van der Waals surface area contributed by atoms with Gasteiger partial charge in [-0.1, -0.05) is 0 Å². The zero-order valence-electron chi connectivity index (χ0n) is 10.6. The van der Waals surface area contributed by atoms with Crippen LogP contribution in [0.2, 0.25) is 0 Å². The van der Waals surface area contributed by atoms with Crippen LogP contribution < -0.4 is 10.6 Å². The average molecular weight is 272 g/mol. The molecule has 8 heteroatoms. The van der Waals surface area contributed by atoms with Crippen LogP contribution in [0.5, 0.6) is 0 Å². The molecule has 0 saturated heterocycles. The van der Waals surface area contributed by atoms with Crippen LogP contribution in [0.4, 0.5) is 0 Å². The minimum absolute atomic E-state index is 0.0878. The van der Waals surface area contributed by atoms with Gasteiger partial charge in [0.1, 0.15) is 12.0 Å². The molecule has 106 valence electrons. The Morgan fingerprint density at radius 3 is 2.26 bits per heavy atom. The first-order chi connectivity index (χ1) is 8.99. The number of hydrogen-bond donors (Lipinski definition) is 3. The quantitative estimate of drug-likeness (QED) is 0.498. The van der Waals surface area contributed by atoms with Gasteiger partial charge in [0.05, 0.1) is 11.8 Å². The molecule has 1 saturated carbocycles. The summed E-state index contributed by atoms with van der Waals surface area (Å²) < 4.78 is 4.64. The van der Waals surface area contributed by atoms with Crippen LogP contribution in [-0.4, -0.2) is 49.1 Å². The fourth-order valence-corrected chi connectivity index (χ4v) is 2.33. The molecule has 3 N–H and O–H groups in total. The number of rotatable bonds is 6. The van der Waals surface area contributed by atoms with Crippen molar-refractivity contribution in [3.05, 3.63) is 0 Å². The maximum absolute atomic E-state index is 11.8. The predicted octanol–water partition coefficient (Wildman–Crippen LogP) is -1.64. The molecule has 1 fully saturated rings. The van der Waals surface area contributed by atoms with Crippen molar-refractivity contribution in [3.63, 3.8) is 0 Å². The summed E-state index contributed by atoms with van der Waals surface area (Å²) in [5, 5.41) is 13.9. The molecular formula is C11H16N2O6. The lowest BCUT2D eigenvalue weighted by atomic mass is 9.61. The molecule has 8 nitrogen and oxygen atoms in total. The smallest absolute Gasteiger partial charge is 0.311 e. The molecule has 1 rings (SSSR count). The van der Waals surface area contributed by atoms with E-state index in [1.54, 1.807) is 6.92 Å². The maximum Gasteiger partial charge on any atom is 0.311 e. The fraction of sp³-hybridized carbons (Fsp3) is 0.636. The molecule has 0 aromatic heterocycles. The van der Waals surface area contributed by atoms with Gasteiger partial charge in [-0.2, -0.15) is 0 Å². The molecule has 0 aliphatic heterocycles.